The second-order valence-electron chi connectivity index (χ2n) is 7.65. The van der Waals surface area contributed by atoms with Gasteiger partial charge < -0.3 is 25.3 Å². The van der Waals surface area contributed by atoms with Crippen molar-refractivity contribution in [3.8, 4) is 0 Å². The highest BCUT2D eigenvalue weighted by atomic mass is 35.5. The van der Waals surface area contributed by atoms with E-state index in [2.05, 4.69) is 5.32 Å². The van der Waals surface area contributed by atoms with Crippen LogP contribution in [0.2, 0.25) is 0 Å². The Morgan fingerprint density at radius 2 is 2.12 bits per heavy atom. The summed E-state index contributed by atoms with van der Waals surface area (Å²) < 4.78 is 19.4. The molecule has 4 rings (SSSR count). The first-order chi connectivity index (χ1) is 11.9. The summed E-state index contributed by atoms with van der Waals surface area (Å²) in [5, 5.41) is 2.70. The summed E-state index contributed by atoms with van der Waals surface area (Å²) in [6.45, 7) is 3.99. The molecule has 0 radical (unpaired) electrons. The number of nitrogens with one attached hydrogen (secondary N) is 1. The van der Waals surface area contributed by atoms with Crippen molar-refractivity contribution < 1.29 is 19.0 Å². The molecule has 3 N–H and O–H groups in total. The van der Waals surface area contributed by atoms with E-state index in [-0.39, 0.29) is 18.0 Å². The molecule has 1 unspecified atom stereocenters. The molecule has 1 aliphatic carbocycles. The van der Waals surface area contributed by atoms with Crippen molar-refractivity contribution >= 4 is 17.6 Å². The number of amides is 2. The molecule has 140 valence electrons. The van der Waals surface area contributed by atoms with Crippen molar-refractivity contribution in [1.82, 2.24) is 10.2 Å². The van der Waals surface area contributed by atoms with E-state index in [0.29, 0.717) is 6.42 Å². The van der Waals surface area contributed by atoms with Gasteiger partial charge in [-0.1, -0.05) is 6.92 Å². The van der Waals surface area contributed by atoms with E-state index in [4.69, 9.17) is 31.5 Å². The molecule has 0 aromatic heterocycles. The number of urea groups is 1. The first kappa shape index (κ1) is 17.5. The Hall–Kier alpha value is -0.860. The summed E-state index contributed by atoms with van der Waals surface area (Å²) in [7, 11) is 0. The van der Waals surface area contributed by atoms with Gasteiger partial charge in [0, 0.05) is 19.0 Å². The Bertz CT molecular complexity index is 590. The normalized spacial score (nSPS) is 45.2. The number of halogens is 1. The summed E-state index contributed by atoms with van der Waals surface area (Å²) in [6.07, 6.45) is 6.48. The van der Waals surface area contributed by atoms with Crippen molar-refractivity contribution in [2.24, 2.45) is 5.73 Å². The highest BCUT2D eigenvalue weighted by Gasteiger charge is 2.72. The maximum absolute atomic E-state index is 12.5. The average Bonchev–Trinajstić information content (AvgIpc) is 3.21. The van der Waals surface area contributed by atoms with Gasteiger partial charge in [-0.3, -0.25) is 4.90 Å². The third kappa shape index (κ3) is 2.44. The molecule has 25 heavy (non-hydrogen) atoms. The standard InChI is InChI=1S/C17H26ClN3O4/c1-3-16(10-18)12-15(2,25-17(23-12)7-4-5-8-17)13(24-16)21-9-6-11(19)20-14(21)22/h6,9,11-13H,3-5,7-8,10,19H2,1-2H3,(H,20,22)/t11?,12-,13+,15+,16-/m0/s1. The van der Waals surface area contributed by atoms with Crippen LogP contribution in [0.3, 0.4) is 0 Å². The zero-order chi connectivity index (χ0) is 17.9. The fourth-order valence-corrected chi connectivity index (χ4v) is 5.05. The molecule has 0 aromatic carbocycles. The van der Waals surface area contributed by atoms with E-state index in [9.17, 15) is 4.79 Å². The quantitative estimate of drug-likeness (QED) is 0.741. The summed E-state index contributed by atoms with van der Waals surface area (Å²) in [5.41, 5.74) is 4.28. The molecule has 3 heterocycles. The third-order valence-corrected chi connectivity index (χ3v) is 6.45. The van der Waals surface area contributed by atoms with Crippen LogP contribution in [0.15, 0.2) is 12.3 Å². The number of rotatable bonds is 3. The molecule has 5 atom stereocenters. The number of ether oxygens (including phenoxy) is 3. The van der Waals surface area contributed by atoms with E-state index in [1.54, 1.807) is 12.3 Å². The molecular formula is C17H26ClN3O4. The fourth-order valence-electron chi connectivity index (χ4n) is 4.66. The number of alkyl halides is 1. The number of nitrogens with zero attached hydrogens (tertiary/aromatic N) is 1. The molecule has 4 aliphatic rings. The van der Waals surface area contributed by atoms with E-state index < -0.39 is 29.4 Å². The van der Waals surface area contributed by atoms with Crippen molar-refractivity contribution in [3.63, 3.8) is 0 Å². The van der Waals surface area contributed by atoms with Gasteiger partial charge in [0.25, 0.3) is 0 Å². The zero-order valence-corrected chi connectivity index (χ0v) is 15.4. The molecule has 0 aromatic rings. The van der Waals surface area contributed by atoms with Gasteiger partial charge >= 0.3 is 6.03 Å². The monoisotopic (exact) mass is 371 g/mol. The Kier molecular flexibility index (Phi) is 4.09. The molecule has 3 aliphatic heterocycles. The Labute approximate surface area is 152 Å². The number of fused-ring (bicyclic) bond motifs is 1. The van der Waals surface area contributed by atoms with E-state index in [1.807, 2.05) is 13.8 Å². The van der Waals surface area contributed by atoms with Crippen LogP contribution in [0.25, 0.3) is 0 Å². The minimum Gasteiger partial charge on any atom is -0.344 e. The van der Waals surface area contributed by atoms with Gasteiger partial charge in [0.05, 0.1) is 12.0 Å². The highest BCUT2D eigenvalue weighted by Crippen LogP contribution is 2.57. The van der Waals surface area contributed by atoms with Crippen molar-refractivity contribution in [3.05, 3.63) is 12.3 Å². The predicted octanol–water partition coefficient (Wildman–Crippen LogP) is 2.00. The van der Waals surface area contributed by atoms with Crippen LogP contribution in [0, 0.1) is 0 Å². The summed E-state index contributed by atoms with van der Waals surface area (Å²) in [4.78, 5) is 14.0. The largest absolute Gasteiger partial charge is 0.344 e. The minimum atomic E-state index is -0.793. The SMILES string of the molecule is CC[C@@]1(CCl)O[C@@H](N2C=CC(N)NC2=O)[C@]2(C)OC3(CCCC3)O[C@H]12. The molecule has 1 saturated carbocycles. The van der Waals surface area contributed by atoms with Crippen LogP contribution in [-0.4, -0.2) is 52.3 Å². The zero-order valence-electron chi connectivity index (χ0n) is 14.7. The molecule has 7 nitrogen and oxygen atoms in total. The van der Waals surface area contributed by atoms with E-state index >= 15 is 0 Å². The minimum absolute atomic E-state index is 0.276. The predicted molar refractivity (Wildman–Crippen MR) is 91.7 cm³/mol. The lowest BCUT2D eigenvalue weighted by Gasteiger charge is -2.38. The van der Waals surface area contributed by atoms with Gasteiger partial charge in [0.2, 0.25) is 0 Å². The number of hydrogen-bond donors (Lipinski definition) is 2. The molecular weight excluding hydrogens is 346 g/mol. The Morgan fingerprint density at radius 1 is 1.40 bits per heavy atom. The lowest BCUT2D eigenvalue weighted by molar-refractivity contribution is -0.244. The highest BCUT2D eigenvalue weighted by molar-refractivity contribution is 6.18. The van der Waals surface area contributed by atoms with Crippen LogP contribution in [-0.2, 0) is 14.2 Å². The fraction of sp³-hybridized carbons (Fsp3) is 0.824. The lowest BCUT2D eigenvalue weighted by atomic mass is 9.86. The molecule has 3 fully saturated rings. The second kappa shape index (κ2) is 5.82. The summed E-state index contributed by atoms with van der Waals surface area (Å²) >= 11 is 6.33. The summed E-state index contributed by atoms with van der Waals surface area (Å²) in [6, 6.07) is -0.308. The Morgan fingerprint density at radius 3 is 2.72 bits per heavy atom. The molecule has 1 spiro atoms. The van der Waals surface area contributed by atoms with Crippen LogP contribution in [0.5, 0.6) is 0 Å². The van der Waals surface area contributed by atoms with Crippen LogP contribution >= 0.6 is 11.6 Å². The number of hydrogen-bond acceptors (Lipinski definition) is 5. The van der Waals surface area contributed by atoms with Gasteiger partial charge in [-0.2, -0.15) is 0 Å². The molecule has 2 saturated heterocycles. The molecule has 8 heteroatoms. The van der Waals surface area contributed by atoms with Crippen molar-refractivity contribution in [2.45, 2.75) is 81.4 Å². The molecule has 2 amide bonds. The topological polar surface area (TPSA) is 86.1 Å². The van der Waals surface area contributed by atoms with Gasteiger partial charge in [0.1, 0.15) is 17.3 Å². The van der Waals surface area contributed by atoms with E-state index in [1.165, 1.54) is 4.90 Å². The van der Waals surface area contributed by atoms with Crippen molar-refractivity contribution in [1.29, 1.82) is 0 Å². The van der Waals surface area contributed by atoms with Crippen molar-refractivity contribution in [2.75, 3.05) is 5.88 Å². The van der Waals surface area contributed by atoms with E-state index in [0.717, 1.165) is 25.7 Å². The van der Waals surface area contributed by atoms with Gasteiger partial charge in [0.15, 0.2) is 12.0 Å². The maximum atomic E-state index is 12.5. The van der Waals surface area contributed by atoms with Crippen LogP contribution in [0.4, 0.5) is 4.79 Å². The number of carbonyl (C=O) groups excluding carboxylic acids is 1. The van der Waals surface area contributed by atoms with Gasteiger partial charge in [-0.15, -0.1) is 11.6 Å². The number of carbonyl (C=O) groups is 1. The van der Waals surface area contributed by atoms with Crippen LogP contribution in [0.1, 0.15) is 46.0 Å². The maximum Gasteiger partial charge on any atom is 0.325 e. The lowest BCUT2D eigenvalue weighted by Crippen LogP contribution is -2.58. The smallest absolute Gasteiger partial charge is 0.325 e. The number of nitrogens with two attached hydrogens (primary N) is 1. The first-order valence-electron chi connectivity index (χ1n) is 9.03. The van der Waals surface area contributed by atoms with Gasteiger partial charge in [-0.25, -0.2) is 4.79 Å². The average molecular weight is 372 g/mol. The van der Waals surface area contributed by atoms with Crippen LogP contribution < -0.4 is 11.1 Å². The Balaban J connectivity index is 1.73. The second-order valence-corrected chi connectivity index (χ2v) is 7.92. The molecule has 0 bridgehead atoms. The summed E-state index contributed by atoms with van der Waals surface area (Å²) in [5.74, 6) is -0.307. The first-order valence-corrected chi connectivity index (χ1v) is 9.56. The van der Waals surface area contributed by atoms with Gasteiger partial charge in [-0.05, 0) is 32.3 Å². The third-order valence-electron chi connectivity index (χ3n) is 5.99.